The molecule has 0 bridgehead atoms. The molecule has 0 atom stereocenters. The van der Waals surface area contributed by atoms with Gasteiger partial charge in [0.15, 0.2) is 0 Å². The van der Waals surface area contributed by atoms with Gasteiger partial charge in [-0.15, -0.1) is 0 Å². The number of rotatable bonds is 5. The molecule has 1 aromatic carbocycles. The van der Waals surface area contributed by atoms with Crippen LogP contribution in [-0.2, 0) is 0 Å². The van der Waals surface area contributed by atoms with Crippen molar-refractivity contribution in [1.29, 1.82) is 0 Å². The van der Waals surface area contributed by atoms with Gasteiger partial charge in [-0.25, -0.2) is 4.98 Å². The highest BCUT2D eigenvalue weighted by molar-refractivity contribution is 5.95. The molecule has 0 unspecified atom stereocenters. The van der Waals surface area contributed by atoms with Crippen LogP contribution in [-0.4, -0.2) is 45.5 Å². The molecule has 3 N–H and O–H groups in total. The number of carbonyl (C=O) groups is 1. The lowest BCUT2D eigenvalue weighted by atomic mass is 9.89. The zero-order valence-electron chi connectivity index (χ0n) is 19.0. The van der Waals surface area contributed by atoms with E-state index < -0.39 is 11.3 Å². The van der Waals surface area contributed by atoms with Crippen molar-refractivity contribution in [3.63, 3.8) is 0 Å². The Hall–Kier alpha value is -3.26. The molecule has 33 heavy (non-hydrogen) atoms. The number of anilines is 2. The van der Waals surface area contributed by atoms with Crippen LogP contribution in [0.15, 0.2) is 41.5 Å². The van der Waals surface area contributed by atoms with Crippen molar-refractivity contribution in [2.45, 2.75) is 50.5 Å². The number of benzene rings is 1. The van der Waals surface area contributed by atoms with E-state index in [1.54, 1.807) is 6.20 Å². The Morgan fingerprint density at radius 1 is 1.09 bits per heavy atom. The molecule has 172 valence electrons. The molecule has 1 saturated carbocycles. The summed E-state index contributed by atoms with van der Waals surface area (Å²) in [7, 11) is 2.17. The average Bonchev–Trinajstić information content (AvgIpc) is 3.35. The van der Waals surface area contributed by atoms with E-state index in [1.807, 2.05) is 4.57 Å². The maximum absolute atomic E-state index is 12.8. The van der Waals surface area contributed by atoms with Crippen LogP contribution in [0.5, 0.6) is 0 Å². The zero-order valence-corrected chi connectivity index (χ0v) is 19.0. The summed E-state index contributed by atoms with van der Waals surface area (Å²) < 4.78 is 1.94. The maximum Gasteiger partial charge on any atom is 0.254 e. The molecule has 1 saturated heterocycles. The minimum atomic E-state index is -0.722. The molecule has 8 nitrogen and oxygen atoms in total. The van der Waals surface area contributed by atoms with Crippen molar-refractivity contribution in [3.05, 3.63) is 58.0 Å². The lowest BCUT2D eigenvalue weighted by molar-refractivity contribution is 0.0998. The second kappa shape index (κ2) is 8.94. The number of pyridine rings is 1. The second-order valence-corrected chi connectivity index (χ2v) is 9.34. The van der Waals surface area contributed by atoms with E-state index in [0.29, 0.717) is 22.9 Å². The van der Waals surface area contributed by atoms with Crippen LogP contribution in [0, 0.1) is 0 Å². The number of primary amides is 1. The molecule has 1 amide bonds. The van der Waals surface area contributed by atoms with Gasteiger partial charge < -0.3 is 20.5 Å². The first-order chi connectivity index (χ1) is 16.0. The minimum absolute atomic E-state index is 0.0109. The highest BCUT2D eigenvalue weighted by Crippen LogP contribution is 2.32. The van der Waals surface area contributed by atoms with Crippen LogP contribution >= 0.6 is 0 Å². The summed E-state index contributed by atoms with van der Waals surface area (Å²) in [5.74, 6) is 0.306. The molecule has 1 aliphatic heterocycles. The molecule has 2 aromatic heterocycles. The van der Waals surface area contributed by atoms with Crippen molar-refractivity contribution in [2.24, 2.45) is 5.73 Å². The van der Waals surface area contributed by atoms with Gasteiger partial charge in [0.25, 0.3) is 5.91 Å². The highest BCUT2D eigenvalue weighted by atomic mass is 16.2. The monoisotopic (exact) mass is 446 g/mol. The van der Waals surface area contributed by atoms with E-state index in [4.69, 9.17) is 5.73 Å². The molecule has 2 aliphatic rings. The van der Waals surface area contributed by atoms with E-state index >= 15 is 0 Å². The predicted molar refractivity (Wildman–Crippen MR) is 129 cm³/mol. The molecule has 2 fully saturated rings. The molecule has 8 heteroatoms. The summed E-state index contributed by atoms with van der Waals surface area (Å²) in [6, 6.07) is 8.66. The minimum Gasteiger partial charge on any atom is -0.365 e. The van der Waals surface area contributed by atoms with E-state index in [2.05, 4.69) is 51.5 Å². The normalized spacial score (nSPS) is 18.1. The van der Waals surface area contributed by atoms with Crippen molar-refractivity contribution < 1.29 is 4.79 Å². The summed E-state index contributed by atoms with van der Waals surface area (Å²) in [5.41, 5.74) is 7.84. The Bertz CT molecular complexity index is 1220. The van der Waals surface area contributed by atoms with Crippen LogP contribution in [0.3, 0.4) is 0 Å². The lowest BCUT2D eigenvalue weighted by Gasteiger charge is -2.29. The number of carbonyl (C=O) groups excluding carboxylic acids is 1. The fourth-order valence-electron chi connectivity index (χ4n) is 5.14. The fourth-order valence-corrected chi connectivity index (χ4v) is 5.14. The van der Waals surface area contributed by atoms with Crippen molar-refractivity contribution in [3.8, 4) is 0 Å². The number of hydrogen-bond donors (Lipinski definition) is 2. The topological polar surface area (TPSA) is 106 Å². The first-order valence-electron chi connectivity index (χ1n) is 11.8. The van der Waals surface area contributed by atoms with Gasteiger partial charge in [-0.05, 0) is 69.4 Å². The SMILES string of the molecule is CN1CCC(c2ccc(Nc3ncc4c(=O)c(C(N)=O)cn(C5CCCC5)c4n3)cc2)CC1. The first kappa shape index (κ1) is 21.6. The Kier molecular flexibility index (Phi) is 5.85. The van der Waals surface area contributed by atoms with Gasteiger partial charge in [0.1, 0.15) is 11.2 Å². The van der Waals surface area contributed by atoms with Crippen LogP contribution in [0.4, 0.5) is 11.6 Å². The summed E-state index contributed by atoms with van der Waals surface area (Å²) in [5, 5.41) is 3.59. The Balaban J connectivity index is 1.44. The van der Waals surface area contributed by atoms with Crippen LogP contribution in [0.2, 0.25) is 0 Å². The van der Waals surface area contributed by atoms with Crippen molar-refractivity contribution >= 4 is 28.6 Å². The third kappa shape index (κ3) is 4.35. The fraction of sp³-hybridized carbons (Fsp3) is 0.440. The number of piperidine rings is 1. The van der Waals surface area contributed by atoms with Gasteiger partial charge >= 0.3 is 0 Å². The number of nitrogens with two attached hydrogens (primary N) is 1. The number of fused-ring (bicyclic) bond motifs is 1. The van der Waals surface area contributed by atoms with Crippen LogP contribution in [0.25, 0.3) is 11.0 Å². The van der Waals surface area contributed by atoms with Crippen LogP contribution < -0.4 is 16.5 Å². The Morgan fingerprint density at radius 2 is 1.79 bits per heavy atom. The maximum atomic E-state index is 12.8. The van der Waals surface area contributed by atoms with Gasteiger partial charge in [-0.1, -0.05) is 25.0 Å². The van der Waals surface area contributed by atoms with Crippen LogP contribution in [0.1, 0.15) is 66.4 Å². The van der Waals surface area contributed by atoms with E-state index in [9.17, 15) is 9.59 Å². The Labute approximate surface area is 192 Å². The quantitative estimate of drug-likeness (QED) is 0.621. The molecule has 3 heterocycles. The second-order valence-electron chi connectivity index (χ2n) is 9.34. The van der Waals surface area contributed by atoms with Gasteiger partial charge in [-0.3, -0.25) is 9.59 Å². The molecule has 3 aromatic rings. The number of aromatic nitrogens is 3. The largest absolute Gasteiger partial charge is 0.365 e. The lowest BCUT2D eigenvalue weighted by Crippen LogP contribution is -2.29. The standard InChI is InChI=1S/C25H30N6O2/c1-30-12-10-17(11-13-30)16-6-8-18(9-7-16)28-25-27-14-20-22(32)21(23(26)33)15-31(24(20)29-25)19-4-2-3-5-19/h6-9,14-15,17,19H,2-5,10-13H2,1H3,(H2,26,33)(H,27,28,29). The number of amides is 1. The number of likely N-dealkylation sites (tertiary alicyclic amines) is 1. The van der Waals surface area contributed by atoms with Gasteiger partial charge in [-0.2, -0.15) is 4.98 Å². The number of nitrogens with one attached hydrogen (secondary N) is 1. The third-order valence-corrected chi connectivity index (χ3v) is 7.11. The average molecular weight is 447 g/mol. The zero-order chi connectivity index (χ0) is 22.9. The molecular formula is C25H30N6O2. The summed E-state index contributed by atoms with van der Waals surface area (Å²) >= 11 is 0. The predicted octanol–water partition coefficient (Wildman–Crippen LogP) is 3.56. The summed E-state index contributed by atoms with van der Waals surface area (Å²) in [4.78, 5) is 36.1. The smallest absolute Gasteiger partial charge is 0.254 e. The van der Waals surface area contributed by atoms with E-state index in [0.717, 1.165) is 44.5 Å². The Morgan fingerprint density at radius 3 is 2.45 bits per heavy atom. The third-order valence-electron chi connectivity index (χ3n) is 7.11. The number of hydrogen-bond acceptors (Lipinski definition) is 6. The van der Waals surface area contributed by atoms with E-state index in [1.165, 1.54) is 24.6 Å². The first-order valence-corrected chi connectivity index (χ1v) is 11.8. The highest BCUT2D eigenvalue weighted by Gasteiger charge is 2.23. The molecule has 1 aliphatic carbocycles. The molecule has 0 radical (unpaired) electrons. The molecule has 5 rings (SSSR count). The van der Waals surface area contributed by atoms with Gasteiger partial charge in [0.2, 0.25) is 11.4 Å². The van der Waals surface area contributed by atoms with Crippen molar-refractivity contribution in [2.75, 3.05) is 25.5 Å². The van der Waals surface area contributed by atoms with Gasteiger partial charge in [0.05, 0.1) is 5.39 Å². The molecule has 0 spiro atoms. The van der Waals surface area contributed by atoms with E-state index in [-0.39, 0.29) is 11.6 Å². The van der Waals surface area contributed by atoms with Gasteiger partial charge in [0, 0.05) is 24.1 Å². The number of nitrogens with zero attached hydrogens (tertiary/aromatic N) is 4. The summed E-state index contributed by atoms with van der Waals surface area (Å²) in [6.07, 6.45) is 9.65. The summed E-state index contributed by atoms with van der Waals surface area (Å²) in [6.45, 7) is 2.27. The molecular weight excluding hydrogens is 416 g/mol. The van der Waals surface area contributed by atoms with Crippen molar-refractivity contribution in [1.82, 2.24) is 19.4 Å².